The van der Waals surface area contributed by atoms with E-state index in [1.165, 1.54) is 6.42 Å². The molecule has 2 fully saturated rings. The summed E-state index contributed by atoms with van der Waals surface area (Å²) >= 11 is 0. The highest BCUT2D eigenvalue weighted by molar-refractivity contribution is 5.79. The predicted octanol–water partition coefficient (Wildman–Crippen LogP) is 2.99. The van der Waals surface area contributed by atoms with Crippen LogP contribution in [0.3, 0.4) is 0 Å². The summed E-state index contributed by atoms with van der Waals surface area (Å²) in [4.78, 5) is 17.2. The van der Waals surface area contributed by atoms with E-state index in [-0.39, 0.29) is 23.9 Å². The molecule has 144 valence electrons. The van der Waals surface area contributed by atoms with Crippen LogP contribution >= 0.6 is 0 Å². The molecule has 2 aromatic rings. The van der Waals surface area contributed by atoms with Crippen molar-refractivity contribution in [3.63, 3.8) is 0 Å². The van der Waals surface area contributed by atoms with Crippen LogP contribution in [-0.4, -0.2) is 22.1 Å². The van der Waals surface area contributed by atoms with E-state index in [1.807, 2.05) is 37.3 Å². The van der Waals surface area contributed by atoms with Gasteiger partial charge in [-0.25, -0.2) is 0 Å². The normalized spacial score (nSPS) is 28.5. The molecule has 1 aromatic heterocycles. The fraction of sp³-hybridized carbons (Fsp3) is 0.571. The molecule has 6 nitrogen and oxygen atoms in total. The van der Waals surface area contributed by atoms with Gasteiger partial charge in [0.1, 0.15) is 6.04 Å². The maximum Gasteiger partial charge on any atom is 0.248 e. The molecule has 0 aliphatic heterocycles. The minimum absolute atomic E-state index is 0.0502. The van der Waals surface area contributed by atoms with Crippen molar-refractivity contribution in [1.29, 1.82) is 0 Å². The van der Waals surface area contributed by atoms with E-state index in [2.05, 4.69) is 15.5 Å². The van der Waals surface area contributed by atoms with Gasteiger partial charge in [-0.05, 0) is 50.0 Å². The van der Waals surface area contributed by atoms with Crippen LogP contribution < -0.4 is 11.1 Å². The number of nitrogens with zero attached hydrogens (tertiary/aromatic N) is 2. The number of nitrogens with one attached hydrogen (secondary N) is 1. The molecule has 1 aromatic carbocycles. The van der Waals surface area contributed by atoms with Gasteiger partial charge in [-0.2, -0.15) is 4.98 Å². The van der Waals surface area contributed by atoms with Gasteiger partial charge in [-0.1, -0.05) is 41.9 Å². The lowest BCUT2D eigenvalue weighted by Crippen LogP contribution is -2.49. The SMILES string of the molecule is CC(NC(=O)C1CC2CCCC(C1)C2N)c1nc(Cc2ccccc2)no1. The van der Waals surface area contributed by atoms with Gasteiger partial charge < -0.3 is 15.6 Å². The first kappa shape index (κ1) is 18.2. The van der Waals surface area contributed by atoms with Crippen molar-refractivity contribution in [3.05, 3.63) is 47.6 Å². The van der Waals surface area contributed by atoms with Crippen molar-refractivity contribution >= 4 is 5.91 Å². The summed E-state index contributed by atoms with van der Waals surface area (Å²) in [5.74, 6) is 2.22. The molecule has 3 N–H and O–H groups in total. The molecule has 0 radical (unpaired) electrons. The zero-order chi connectivity index (χ0) is 18.8. The number of hydrogen-bond donors (Lipinski definition) is 2. The maximum atomic E-state index is 12.8. The molecule has 0 spiro atoms. The van der Waals surface area contributed by atoms with E-state index in [0.717, 1.165) is 31.2 Å². The Balaban J connectivity index is 1.35. The molecular weight excluding hydrogens is 340 g/mol. The van der Waals surface area contributed by atoms with E-state index in [4.69, 9.17) is 10.3 Å². The third kappa shape index (κ3) is 4.05. The van der Waals surface area contributed by atoms with Crippen molar-refractivity contribution in [1.82, 2.24) is 15.5 Å². The predicted molar refractivity (Wildman–Crippen MR) is 102 cm³/mol. The molecule has 27 heavy (non-hydrogen) atoms. The number of benzene rings is 1. The van der Waals surface area contributed by atoms with Gasteiger partial charge in [-0.3, -0.25) is 4.79 Å². The van der Waals surface area contributed by atoms with E-state index >= 15 is 0 Å². The highest BCUT2D eigenvalue weighted by Crippen LogP contribution is 2.42. The molecule has 2 saturated carbocycles. The second-order valence-corrected chi connectivity index (χ2v) is 8.14. The molecule has 2 aliphatic carbocycles. The molecule has 0 saturated heterocycles. The van der Waals surface area contributed by atoms with Gasteiger partial charge in [0.05, 0.1) is 0 Å². The average molecular weight is 368 g/mol. The fourth-order valence-corrected chi connectivity index (χ4v) is 4.69. The van der Waals surface area contributed by atoms with Gasteiger partial charge in [0.2, 0.25) is 11.8 Å². The lowest BCUT2D eigenvalue weighted by molar-refractivity contribution is -0.128. The van der Waals surface area contributed by atoms with E-state index in [1.54, 1.807) is 0 Å². The summed E-state index contributed by atoms with van der Waals surface area (Å²) in [6, 6.07) is 10.0. The summed E-state index contributed by atoms with van der Waals surface area (Å²) in [7, 11) is 0. The molecule has 2 aliphatic rings. The van der Waals surface area contributed by atoms with Crippen LogP contribution in [0.25, 0.3) is 0 Å². The summed E-state index contributed by atoms with van der Waals surface area (Å²) < 4.78 is 5.38. The van der Waals surface area contributed by atoms with Crippen molar-refractivity contribution < 1.29 is 9.32 Å². The van der Waals surface area contributed by atoms with Crippen LogP contribution in [0.1, 0.15) is 62.3 Å². The second-order valence-electron chi connectivity index (χ2n) is 8.14. The Labute approximate surface area is 159 Å². The van der Waals surface area contributed by atoms with Crippen LogP contribution in [0.4, 0.5) is 0 Å². The number of carbonyl (C=O) groups is 1. The minimum Gasteiger partial charge on any atom is -0.344 e. The molecule has 6 heteroatoms. The van der Waals surface area contributed by atoms with Crippen LogP contribution in [0.15, 0.2) is 34.9 Å². The fourth-order valence-electron chi connectivity index (χ4n) is 4.69. The summed E-state index contributed by atoms with van der Waals surface area (Å²) in [6.07, 6.45) is 5.99. The van der Waals surface area contributed by atoms with Crippen LogP contribution in [0.5, 0.6) is 0 Å². The third-order valence-corrected chi connectivity index (χ3v) is 6.20. The summed E-state index contributed by atoms with van der Waals surface area (Å²) in [5, 5.41) is 7.13. The standard InChI is InChI=1S/C21H28N4O2/c1-13(21-24-18(25-27-21)10-14-6-3-2-4-7-14)23-20(26)17-11-15-8-5-9-16(12-17)19(15)22/h2-4,6-7,13,15-17,19H,5,8-12,22H2,1H3,(H,23,26). The average Bonchev–Trinajstić information content (AvgIpc) is 3.11. The van der Waals surface area contributed by atoms with Crippen molar-refractivity contribution in [2.24, 2.45) is 23.5 Å². The van der Waals surface area contributed by atoms with Gasteiger partial charge in [-0.15, -0.1) is 0 Å². The number of hydrogen-bond acceptors (Lipinski definition) is 5. The third-order valence-electron chi connectivity index (χ3n) is 6.20. The van der Waals surface area contributed by atoms with Gasteiger partial charge in [0.25, 0.3) is 0 Å². The Bertz CT molecular complexity index is 761. The van der Waals surface area contributed by atoms with Crippen LogP contribution in [0, 0.1) is 17.8 Å². The van der Waals surface area contributed by atoms with Crippen LogP contribution in [0.2, 0.25) is 0 Å². The van der Waals surface area contributed by atoms with Gasteiger partial charge in [0.15, 0.2) is 5.82 Å². The largest absolute Gasteiger partial charge is 0.344 e. The lowest BCUT2D eigenvalue weighted by Gasteiger charge is -2.43. The Morgan fingerprint density at radius 2 is 1.96 bits per heavy atom. The van der Waals surface area contributed by atoms with Crippen LogP contribution in [-0.2, 0) is 11.2 Å². The topological polar surface area (TPSA) is 94.0 Å². The second kappa shape index (κ2) is 7.80. The first-order valence-electron chi connectivity index (χ1n) is 10.0. The number of nitrogens with two attached hydrogens (primary N) is 1. The Morgan fingerprint density at radius 3 is 2.67 bits per heavy atom. The van der Waals surface area contributed by atoms with Gasteiger partial charge >= 0.3 is 0 Å². The Hall–Kier alpha value is -2.21. The monoisotopic (exact) mass is 368 g/mol. The zero-order valence-corrected chi connectivity index (χ0v) is 15.8. The zero-order valence-electron chi connectivity index (χ0n) is 15.8. The number of amides is 1. The van der Waals surface area contributed by atoms with Gasteiger partial charge in [0, 0.05) is 18.4 Å². The Kier molecular flexibility index (Phi) is 5.25. The molecular formula is C21H28N4O2. The molecule has 1 amide bonds. The first-order chi connectivity index (χ1) is 13.1. The molecule has 1 heterocycles. The molecule has 2 bridgehead atoms. The van der Waals surface area contributed by atoms with E-state index in [9.17, 15) is 4.79 Å². The molecule has 3 unspecified atom stereocenters. The quantitative estimate of drug-likeness (QED) is 0.846. The van der Waals surface area contributed by atoms with Crippen molar-refractivity contribution in [2.45, 2.75) is 57.5 Å². The number of rotatable bonds is 5. The van der Waals surface area contributed by atoms with E-state index in [0.29, 0.717) is 30.0 Å². The minimum atomic E-state index is -0.287. The highest BCUT2D eigenvalue weighted by Gasteiger charge is 2.40. The number of fused-ring (bicyclic) bond motifs is 2. The van der Waals surface area contributed by atoms with Crippen molar-refractivity contribution in [3.8, 4) is 0 Å². The molecule has 3 atom stereocenters. The molecule has 4 rings (SSSR count). The number of carbonyl (C=O) groups excluding carboxylic acids is 1. The summed E-state index contributed by atoms with van der Waals surface area (Å²) in [5.41, 5.74) is 7.47. The highest BCUT2D eigenvalue weighted by atomic mass is 16.5. The van der Waals surface area contributed by atoms with E-state index < -0.39 is 0 Å². The number of aromatic nitrogens is 2. The summed E-state index contributed by atoms with van der Waals surface area (Å²) in [6.45, 7) is 1.90. The lowest BCUT2D eigenvalue weighted by atomic mass is 9.65. The smallest absolute Gasteiger partial charge is 0.248 e. The Morgan fingerprint density at radius 1 is 1.26 bits per heavy atom. The first-order valence-corrected chi connectivity index (χ1v) is 10.0. The maximum absolute atomic E-state index is 12.8. The van der Waals surface area contributed by atoms with Crippen molar-refractivity contribution in [2.75, 3.05) is 0 Å².